The van der Waals surface area contributed by atoms with Gasteiger partial charge in [-0.05, 0) is 125 Å². The predicted molar refractivity (Wildman–Crippen MR) is 168 cm³/mol. The quantitative estimate of drug-likeness (QED) is 0.186. The lowest BCUT2D eigenvalue weighted by atomic mass is 9.45. The van der Waals surface area contributed by atoms with Crippen LogP contribution >= 0.6 is 0 Å². The van der Waals surface area contributed by atoms with E-state index in [-0.39, 0.29) is 36.7 Å². The van der Waals surface area contributed by atoms with Crippen LogP contribution < -0.4 is 0 Å². The minimum absolute atomic E-state index is 0.115. The molecule has 45 heavy (non-hydrogen) atoms. The molecule has 9 nitrogen and oxygen atoms in total. The number of rotatable bonds is 8. The van der Waals surface area contributed by atoms with Gasteiger partial charge in [0.25, 0.3) is 0 Å². The number of hydrogen-bond acceptors (Lipinski definition) is 9. The number of phenolic OH excluding ortho intramolecular Hbond substituents is 1. The zero-order valence-electron chi connectivity index (χ0n) is 27.1. The van der Waals surface area contributed by atoms with Crippen LogP contribution in [0.25, 0.3) is 6.08 Å². The van der Waals surface area contributed by atoms with Gasteiger partial charge in [0.15, 0.2) is 5.78 Å². The lowest BCUT2D eigenvalue weighted by molar-refractivity contribution is -0.181. The summed E-state index contributed by atoms with van der Waals surface area (Å²) in [7, 11) is 0. The molecule has 0 bridgehead atoms. The van der Waals surface area contributed by atoms with Gasteiger partial charge in [0, 0.05) is 17.4 Å². The highest BCUT2D eigenvalue weighted by atomic mass is 16.6. The molecule has 9 heteroatoms. The van der Waals surface area contributed by atoms with Crippen LogP contribution in [-0.2, 0) is 14.3 Å². The largest absolute Gasteiger partial charge is 0.508 e. The molecule has 0 heterocycles. The van der Waals surface area contributed by atoms with E-state index in [0.717, 1.165) is 0 Å². The standard InChI is InChI=1S/C36H50O9/c1-32(2,42)15-14-30(40)35(5,43)29-13-17-36(44)24-18-26(38)25-19-28(45-31(41)11-8-21-6-9-22(37)10-7-21)27(39)20-33(25,3)23(24)12-16-34(29,36)4/h6-11,18,23,25,27-30,37,39-40,42-44H,12-17,19-20H2,1-5H3/b11-8+/t23-,25?,27?,28?,29-,30?,33+,34+,35+,36+/m0/s1. The van der Waals surface area contributed by atoms with Gasteiger partial charge in [-0.2, -0.15) is 0 Å². The maximum atomic E-state index is 13.8. The number of carbonyl (C=O) groups is 2. The van der Waals surface area contributed by atoms with Gasteiger partial charge in [0.1, 0.15) is 11.9 Å². The molecule has 1 aromatic carbocycles. The van der Waals surface area contributed by atoms with E-state index in [4.69, 9.17) is 4.74 Å². The molecule has 6 N–H and O–H groups in total. The highest BCUT2D eigenvalue weighted by Gasteiger charge is 2.69. The Kier molecular flexibility index (Phi) is 8.71. The third-order valence-corrected chi connectivity index (χ3v) is 12.1. The van der Waals surface area contributed by atoms with Crippen molar-refractivity contribution >= 4 is 17.8 Å². The summed E-state index contributed by atoms with van der Waals surface area (Å²) in [5, 5.41) is 66.1. The first-order chi connectivity index (χ1) is 20.8. The molecule has 248 valence electrons. The normalized spacial score (nSPS) is 38.5. The molecule has 10 atom stereocenters. The summed E-state index contributed by atoms with van der Waals surface area (Å²) in [5.41, 5.74) is -3.97. The fourth-order valence-electron chi connectivity index (χ4n) is 9.37. The smallest absolute Gasteiger partial charge is 0.331 e. The van der Waals surface area contributed by atoms with E-state index in [0.29, 0.717) is 43.2 Å². The number of allylic oxidation sites excluding steroid dienone is 1. The van der Waals surface area contributed by atoms with Crippen molar-refractivity contribution in [2.75, 3.05) is 0 Å². The van der Waals surface area contributed by atoms with Crippen molar-refractivity contribution in [1.29, 1.82) is 0 Å². The van der Waals surface area contributed by atoms with Gasteiger partial charge in [0.2, 0.25) is 0 Å². The molecule has 0 radical (unpaired) electrons. The number of aliphatic hydroxyl groups excluding tert-OH is 2. The van der Waals surface area contributed by atoms with Crippen molar-refractivity contribution in [2.45, 2.75) is 121 Å². The molecule has 0 aliphatic heterocycles. The topological polar surface area (TPSA) is 165 Å². The van der Waals surface area contributed by atoms with Gasteiger partial charge in [0.05, 0.1) is 29.0 Å². The Labute approximate surface area is 265 Å². The first-order valence-corrected chi connectivity index (χ1v) is 16.3. The summed E-state index contributed by atoms with van der Waals surface area (Å²) in [6.07, 6.45) is 4.41. The van der Waals surface area contributed by atoms with E-state index in [1.807, 2.05) is 13.8 Å². The molecule has 3 saturated carbocycles. The van der Waals surface area contributed by atoms with Gasteiger partial charge in [-0.25, -0.2) is 4.79 Å². The van der Waals surface area contributed by atoms with Crippen LogP contribution in [-0.4, -0.2) is 77.5 Å². The molecule has 0 aromatic heterocycles. The molecule has 0 saturated heterocycles. The number of carbonyl (C=O) groups excluding carboxylic acids is 2. The van der Waals surface area contributed by atoms with Crippen molar-refractivity contribution in [3.8, 4) is 5.75 Å². The Hall–Kier alpha value is -2.56. The fraction of sp³-hybridized carbons (Fsp3) is 0.667. The first-order valence-electron chi connectivity index (χ1n) is 16.3. The summed E-state index contributed by atoms with van der Waals surface area (Å²) in [4.78, 5) is 26.5. The van der Waals surface area contributed by atoms with Crippen LogP contribution in [0.2, 0.25) is 0 Å². The van der Waals surface area contributed by atoms with E-state index in [1.165, 1.54) is 18.2 Å². The van der Waals surface area contributed by atoms with Crippen molar-refractivity contribution in [1.82, 2.24) is 0 Å². The highest BCUT2D eigenvalue weighted by molar-refractivity contribution is 5.95. The van der Waals surface area contributed by atoms with E-state index in [2.05, 4.69) is 0 Å². The number of esters is 1. The third kappa shape index (κ3) is 5.91. The Morgan fingerprint density at radius 3 is 2.40 bits per heavy atom. The number of fused-ring (bicyclic) bond motifs is 5. The van der Waals surface area contributed by atoms with Crippen molar-refractivity contribution < 1.29 is 45.0 Å². The highest BCUT2D eigenvalue weighted by Crippen LogP contribution is 2.68. The van der Waals surface area contributed by atoms with Crippen LogP contribution in [0.1, 0.15) is 91.5 Å². The van der Waals surface area contributed by atoms with E-state index in [9.17, 15) is 40.2 Å². The molecule has 1 aromatic rings. The molecule has 4 unspecified atom stereocenters. The summed E-state index contributed by atoms with van der Waals surface area (Å²) < 4.78 is 5.63. The van der Waals surface area contributed by atoms with Crippen LogP contribution in [0.3, 0.4) is 0 Å². The molecule has 4 aliphatic rings. The van der Waals surface area contributed by atoms with E-state index >= 15 is 0 Å². The first kappa shape index (κ1) is 33.8. The third-order valence-electron chi connectivity index (χ3n) is 12.1. The molecular formula is C36H50O9. The Bertz CT molecular complexity index is 1360. The number of hydrogen-bond donors (Lipinski definition) is 6. The van der Waals surface area contributed by atoms with Crippen LogP contribution in [0.15, 0.2) is 42.0 Å². The zero-order valence-corrected chi connectivity index (χ0v) is 27.1. The summed E-state index contributed by atoms with van der Waals surface area (Å²) in [6, 6.07) is 6.33. The zero-order chi connectivity index (χ0) is 33.2. The van der Waals surface area contributed by atoms with Crippen LogP contribution in [0.5, 0.6) is 5.75 Å². The molecule has 5 rings (SSSR count). The van der Waals surface area contributed by atoms with Crippen molar-refractivity contribution in [3.05, 3.63) is 47.6 Å². The molecule has 4 aliphatic carbocycles. The van der Waals surface area contributed by atoms with Crippen LogP contribution in [0, 0.1) is 28.6 Å². The summed E-state index contributed by atoms with van der Waals surface area (Å²) >= 11 is 0. The number of aromatic hydroxyl groups is 1. The monoisotopic (exact) mass is 626 g/mol. The summed E-state index contributed by atoms with van der Waals surface area (Å²) in [5.74, 6) is -1.79. The van der Waals surface area contributed by atoms with Crippen molar-refractivity contribution in [2.24, 2.45) is 28.6 Å². The number of phenols is 1. The lowest BCUT2D eigenvalue weighted by Crippen LogP contribution is -2.63. The van der Waals surface area contributed by atoms with Gasteiger partial charge in [-0.1, -0.05) is 26.0 Å². The minimum Gasteiger partial charge on any atom is -0.508 e. The number of aliphatic hydroxyl groups is 5. The Morgan fingerprint density at radius 2 is 1.76 bits per heavy atom. The second kappa shape index (κ2) is 11.6. The maximum absolute atomic E-state index is 13.8. The molecule has 3 fully saturated rings. The number of benzene rings is 1. The second-order valence-electron chi connectivity index (χ2n) is 15.5. The number of ether oxygens (including phenoxy) is 1. The van der Waals surface area contributed by atoms with E-state index in [1.54, 1.807) is 45.1 Å². The Balaban J connectivity index is 1.34. The molecule has 0 spiro atoms. The van der Waals surface area contributed by atoms with Gasteiger partial charge in [-0.3, -0.25) is 4.79 Å². The molecule has 0 amide bonds. The fourth-order valence-corrected chi connectivity index (χ4v) is 9.37. The Morgan fingerprint density at radius 1 is 1.09 bits per heavy atom. The SMILES string of the molecule is CC(C)(O)CCC(O)[C@](C)(O)[C@H]1CC[C@@]2(O)C3=CC(=O)C4CC(OC(=O)/C=C/c5ccc(O)cc5)C(O)C[C@]4(C)[C@H]3CC[C@]12C. The van der Waals surface area contributed by atoms with Gasteiger partial charge >= 0.3 is 5.97 Å². The van der Waals surface area contributed by atoms with Gasteiger partial charge < -0.3 is 35.4 Å². The lowest BCUT2D eigenvalue weighted by Gasteiger charge is -2.60. The molecular weight excluding hydrogens is 576 g/mol. The minimum atomic E-state index is -1.52. The second-order valence-corrected chi connectivity index (χ2v) is 15.5. The van der Waals surface area contributed by atoms with Crippen LogP contribution in [0.4, 0.5) is 0 Å². The average molecular weight is 627 g/mol. The average Bonchev–Trinajstić information content (AvgIpc) is 3.24. The van der Waals surface area contributed by atoms with Crippen molar-refractivity contribution in [3.63, 3.8) is 0 Å². The number of ketones is 1. The van der Waals surface area contributed by atoms with Gasteiger partial charge in [-0.15, -0.1) is 0 Å². The predicted octanol–water partition coefficient (Wildman–Crippen LogP) is 3.82. The van der Waals surface area contributed by atoms with E-state index < -0.39 is 63.8 Å². The summed E-state index contributed by atoms with van der Waals surface area (Å²) in [6.45, 7) is 8.89. The maximum Gasteiger partial charge on any atom is 0.331 e.